The van der Waals surface area contributed by atoms with Gasteiger partial charge in [0.15, 0.2) is 0 Å². The molecule has 1 aromatic carbocycles. The Labute approximate surface area is 152 Å². The minimum absolute atomic E-state index is 0. The summed E-state index contributed by atoms with van der Waals surface area (Å²) in [5.41, 5.74) is 1.38. The van der Waals surface area contributed by atoms with Crippen LogP contribution in [-0.2, 0) is 4.79 Å². The summed E-state index contributed by atoms with van der Waals surface area (Å²) in [5.74, 6) is 0.758. The predicted octanol–water partition coefficient (Wildman–Crippen LogP) is 2.56. The average molecular weight is 368 g/mol. The molecule has 2 amide bonds. The molecule has 4 rings (SSSR count). The average Bonchev–Trinajstić information content (AvgIpc) is 2.76. The lowest BCUT2D eigenvalue weighted by atomic mass is 9.99. The minimum Gasteiger partial charge on any atom is -0.349 e. The SMILES string of the molecule is Cl.O=C1CCSc2ccc(C(=O)NC3CC4CCC(C3)N4)cc2N1. The van der Waals surface area contributed by atoms with Gasteiger partial charge in [0.1, 0.15) is 0 Å². The molecule has 130 valence electrons. The van der Waals surface area contributed by atoms with E-state index in [1.165, 1.54) is 12.8 Å². The summed E-state index contributed by atoms with van der Waals surface area (Å²) >= 11 is 1.65. The number of carbonyl (C=O) groups excluding carboxylic acids is 2. The zero-order chi connectivity index (χ0) is 15.8. The van der Waals surface area contributed by atoms with Crippen LogP contribution in [0.25, 0.3) is 0 Å². The normalized spacial score (nSPS) is 28.2. The van der Waals surface area contributed by atoms with Crippen LogP contribution < -0.4 is 16.0 Å². The van der Waals surface area contributed by atoms with Crippen molar-refractivity contribution in [3.8, 4) is 0 Å². The maximum absolute atomic E-state index is 12.5. The third-order valence-corrected chi connectivity index (χ3v) is 5.99. The molecule has 3 aliphatic rings. The summed E-state index contributed by atoms with van der Waals surface area (Å²) in [5, 5.41) is 9.65. The number of halogens is 1. The Balaban J connectivity index is 0.00000169. The van der Waals surface area contributed by atoms with Gasteiger partial charge in [-0.1, -0.05) is 0 Å². The first-order valence-electron chi connectivity index (χ1n) is 8.31. The lowest BCUT2D eigenvalue weighted by Gasteiger charge is -2.29. The van der Waals surface area contributed by atoms with Gasteiger partial charge in [-0.15, -0.1) is 24.2 Å². The molecule has 2 fully saturated rings. The van der Waals surface area contributed by atoms with Gasteiger partial charge in [0, 0.05) is 40.8 Å². The largest absolute Gasteiger partial charge is 0.349 e. The fraction of sp³-hybridized carbons (Fsp3) is 0.529. The van der Waals surface area contributed by atoms with Crippen molar-refractivity contribution in [2.45, 2.75) is 55.1 Å². The molecule has 0 aromatic heterocycles. The lowest BCUT2D eigenvalue weighted by Crippen LogP contribution is -2.48. The standard InChI is InChI=1S/C17H21N3O2S.ClH/c21-16-5-6-23-15-4-1-10(7-14(15)20-16)17(22)19-13-8-11-2-3-12(9-13)18-11;/h1,4,7,11-13,18H,2-3,5-6,8-9H2,(H,19,22)(H,20,21);1H. The second kappa shape index (κ2) is 7.33. The van der Waals surface area contributed by atoms with Crippen molar-refractivity contribution in [1.29, 1.82) is 0 Å². The smallest absolute Gasteiger partial charge is 0.251 e. The highest BCUT2D eigenvalue weighted by atomic mass is 35.5. The molecular formula is C17H22ClN3O2S. The molecule has 2 unspecified atom stereocenters. The highest BCUT2D eigenvalue weighted by molar-refractivity contribution is 7.99. The molecule has 2 saturated heterocycles. The Morgan fingerprint density at radius 3 is 2.71 bits per heavy atom. The van der Waals surface area contributed by atoms with Crippen LogP contribution in [0.3, 0.4) is 0 Å². The number of hydrogen-bond acceptors (Lipinski definition) is 4. The fourth-order valence-electron chi connectivity index (χ4n) is 3.81. The molecule has 0 radical (unpaired) electrons. The van der Waals surface area contributed by atoms with Crippen molar-refractivity contribution in [3.63, 3.8) is 0 Å². The summed E-state index contributed by atoms with van der Waals surface area (Å²) in [7, 11) is 0. The molecule has 3 aliphatic heterocycles. The molecule has 3 N–H and O–H groups in total. The number of amides is 2. The number of hydrogen-bond donors (Lipinski definition) is 3. The van der Waals surface area contributed by atoms with Crippen molar-refractivity contribution in [2.24, 2.45) is 0 Å². The number of thioether (sulfide) groups is 1. The van der Waals surface area contributed by atoms with Crippen LogP contribution in [0.5, 0.6) is 0 Å². The molecule has 2 bridgehead atoms. The zero-order valence-corrected chi connectivity index (χ0v) is 15.0. The van der Waals surface area contributed by atoms with Crippen molar-refractivity contribution in [2.75, 3.05) is 11.1 Å². The van der Waals surface area contributed by atoms with Gasteiger partial charge in [-0.25, -0.2) is 0 Å². The topological polar surface area (TPSA) is 70.2 Å². The molecule has 0 saturated carbocycles. The molecule has 2 atom stereocenters. The minimum atomic E-state index is -0.0393. The summed E-state index contributed by atoms with van der Waals surface area (Å²) in [6.45, 7) is 0. The van der Waals surface area contributed by atoms with Crippen LogP contribution in [0.2, 0.25) is 0 Å². The number of nitrogens with one attached hydrogen (secondary N) is 3. The summed E-state index contributed by atoms with van der Waals surface area (Å²) < 4.78 is 0. The van der Waals surface area contributed by atoms with E-state index in [1.54, 1.807) is 17.8 Å². The maximum atomic E-state index is 12.5. The van der Waals surface area contributed by atoms with Crippen LogP contribution in [0, 0.1) is 0 Å². The van der Waals surface area contributed by atoms with E-state index in [4.69, 9.17) is 0 Å². The molecule has 1 aromatic rings. The Kier molecular flexibility index (Phi) is 5.37. The van der Waals surface area contributed by atoms with Crippen molar-refractivity contribution >= 4 is 41.7 Å². The Morgan fingerprint density at radius 2 is 1.96 bits per heavy atom. The Bertz CT molecular complexity index is 643. The monoisotopic (exact) mass is 367 g/mol. The lowest BCUT2D eigenvalue weighted by molar-refractivity contribution is -0.115. The molecule has 5 nitrogen and oxygen atoms in total. The van der Waals surface area contributed by atoms with E-state index < -0.39 is 0 Å². The van der Waals surface area contributed by atoms with Gasteiger partial charge in [-0.05, 0) is 43.9 Å². The van der Waals surface area contributed by atoms with Gasteiger partial charge in [0.05, 0.1) is 5.69 Å². The van der Waals surface area contributed by atoms with E-state index in [9.17, 15) is 9.59 Å². The molecule has 0 aliphatic carbocycles. The highest BCUT2D eigenvalue weighted by Gasteiger charge is 2.34. The van der Waals surface area contributed by atoms with Crippen molar-refractivity contribution in [3.05, 3.63) is 23.8 Å². The second-order valence-electron chi connectivity index (χ2n) is 6.64. The highest BCUT2D eigenvalue weighted by Crippen LogP contribution is 2.32. The zero-order valence-electron chi connectivity index (χ0n) is 13.3. The van der Waals surface area contributed by atoms with Gasteiger partial charge < -0.3 is 16.0 Å². The first-order valence-corrected chi connectivity index (χ1v) is 9.29. The van der Waals surface area contributed by atoms with Crippen LogP contribution >= 0.6 is 24.2 Å². The molecule has 0 spiro atoms. The number of piperidine rings is 1. The van der Waals surface area contributed by atoms with Gasteiger partial charge >= 0.3 is 0 Å². The Morgan fingerprint density at radius 1 is 1.21 bits per heavy atom. The van der Waals surface area contributed by atoms with E-state index in [2.05, 4.69) is 16.0 Å². The van der Waals surface area contributed by atoms with Crippen LogP contribution in [0.4, 0.5) is 5.69 Å². The summed E-state index contributed by atoms with van der Waals surface area (Å²) in [6, 6.07) is 6.96. The van der Waals surface area contributed by atoms with E-state index in [1.807, 2.05) is 12.1 Å². The van der Waals surface area contributed by atoms with Gasteiger partial charge in [0.25, 0.3) is 5.91 Å². The third kappa shape index (κ3) is 3.71. The first-order chi connectivity index (χ1) is 11.2. The van der Waals surface area contributed by atoms with Crippen molar-refractivity contribution in [1.82, 2.24) is 10.6 Å². The van der Waals surface area contributed by atoms with Crippen molar-refractivity contribution < 1.29 is 9.59 Å². The summed E-state index contributed by atoms with van der Waals surface area (Å²) in [6.07, 6.45) is 4.98. The van der Waals surface area contributed by atoms with E-state index >= 15 is 0 Å². The third-order valence-electron chi connectivity index (χ3n) is 4.91. The van der Waals surface area contributed by atoms with Gasteiger partial charge in [-0.3, -0.25) is 9.59 Å². The predicted molar refractivity (Wildman–Crippen MR) is 98.1 cm³/mol. The summed E-state index contributed by atoms with van der Waals surface area (Å²) in [4.78, 5) is 25.3. The van der Waals surface area contributed by atoms with Crippen LogP contribution in [0.1, 0.15) is 42.5 Å². The molecule has 3 heterocycles. The number of anilines is 1. The van der Waals surface area contributed by atoms with E-state index in [-0.39, 0.29) is 30.3 Å². The molecule has 24 heavy (non-hydrogen) atoms. The van der Waals surface area contributed by atoms with Crippen LogP contribution in [0.15, 0.2) is 23.1 Å². The quantitative estimate of drug-likeness (QED) is 0.751. The van der Waals surface area contributed by atoms with Crippen LogP contribution in [-0.4, -0.2) is 35.7 Å². The molecule has 7 heteroatoms. The number of rotatable bonds is 2. The number of carbonyl (C=O) groups is 2. The first kappa shape index (κ1) is 17.6. The van der Waals surface area contributed by atoms with Gasteiger partial charge in [-0.2, -0.15) is 0 Å². The van der Waals surface area contributed by atoms with E-state index in [0.29, 0.717) is 24.1 Å². The molecular weight excluding hydrogens is 346 g/mol. The maximum Gasteiger partial charge on any atom is 0.251 e. The number of fused-ring (bicyclic) bond motifs is 3. The van der Waals surface area contributed by atoms with Gasteiger partial charge in [0.2, 0.25) is 5.91 Å². The second-order valence-corrected chi connectivity index (χ2v) is 7.77. The fourth-order valence-corrected chi connectivity index (χ4v) is 4.74. The van der Waals surface area contributed by atoms with E-state index in [0.717, 1.165) is 29.2 Å². The Hall–Kier alpha value is -1.24. The number of benzene rings is 1.